The van der Waals surface area contributed by atoms with Crippen molar-refractivity contribution < 1.29 is 14.2 Å². The van der Waals surface area contributed by atoms with Crippen molar-refractivity contribution >= 4 is 0 Å². The quantitative estimate of drug-likeness (QED) is 0.945. The minimum Gasteiger partial charge on any atom is -0.493 e. The van der Waals surface area contributed by atoms with Crippen molar-refractivity contribution in [2.24, 2.45) is 0 Å². The molecule has 1 aromatic carbocycles. The van der Waals surface area contributed by atoms with Crippen molar-refractivity contribution in [1.82, 2.24) is 9.78 Å². The minimum absolute atomic E-state index is 0.0948. The molecule has 0 spiro atoms. The van der Waals surface area contributed by atoms with Gasteiger partial charge < -0.3 is 9.84 Å². The molecule has 3 rings (SSSR count). The van der Waals surface area contributed by atoms with Gasteiger partial charge in [-0.25, -0.2) is 4.39 Å². The van der Waals surface area contributed by atoms with E-state index >= 15 is 0 Å². The number of ether oxygens (including phenoxy) is 1. The van der Waals surface area contributed by atoms with E-state index in [0.29, 0.717) is 24.3 Å². The number of nitrogens with zero attached hydrogens (tertiary/aromatic N) is 2. The van der Waals surface area contributed by atoms with Crippen LogP contribution in [0.1, 0.15) is 43.1 Å². The first kappa shape index (κ1) is 14.1. The van der Waals surface area contributed by atoms with E-state index in [1.807, 2.05) is 13.8 Å². The van der Waals surface area contributed by atoms with Gasteiger partial charge in [-0.05, 0) is 49.9 Å². The van der Waals surface area contributed by atoms with Crippen molar-refractivity contribution in [1.29, 1.82) is 0 Å². The molecule has 0 amide bonds. The van der Waals surface area contributed by atoms with Crippen LogP contribution in [0.2, 0.25) is 0 Å². The Morgan fingerprint density at radius 2 is 2.19 bits per heavy atom. The lowest BCUT2D eigenvalue weighted by molar-refractivity contribution is 0.0684. The molecule has 0 radical (unpaired) electrons. The molecule has 5 heteroatoms. The average molecular weight is 290 g/mol. The second-order valence-electron chi connectivity index (χ2n) is 5.76. The van der Waals surface area contributed by atoms with E-state index in [4.69, 9.17) is 4.74 Å². The van der Waals surface area contributed by atoms with Crippen molar-refractivity contribution in [3.8, 4) is 5.75 Å². The topological polar surface area (TPSA) is 47.3 Å². The van der Waals surface area contributed by atoms with Gasteiger partial charge in [-0.2, -0.15) is 5.10 Å². The maximum atomic E-state index is 13.4. The summed E-state index contributed by atoms with van der Waals surface area (Å²) in [6.45, 7) is 4.00. The van der Waals surface area contributed by atoms with Gasteiger partial charge in [0.25, 0.3) is 0 Å². The molecule has 2 aromatic rings. The van der Waals surface area contributed by atoms with E-state index < -0.39 is 5.60 Å². The number of benzene rings is 1. The smallest absolute Gasteiger partial charge is 0.163 e. The second kappa shape index (κ2) is 4.84. The van der Waals surface area contributed by atoms with Crippen molar-refractivity contribution in [3.63, 3.8) is 0 Å². The third kappa shape index (κ3) is 2.03. The first-order valence-corrected chi connectivity index (χ1v) is 7.10. The van der Waals surface area contributed by atoms with Crippen LogP contribution in [0.5, 0.6) is 5.75 Å². The van der Waals surface area contributed by atoms with Gasteiger partial charge in [0.05, 0.1) is 13.3 Å². The summed E-state index contributed by atoms with van der Waals surface area (Å²) < 4.78 is 20.5. The normalized spacial score (nSPS) is 20.9. The minimum atomic E-state index is -1.19. The molecule has 4 nitrogen and oxygen atoms in total. The largest absolute Gasteiger partial charge is 0.493 e. The first-order valence-electron chi connectivity index (χ1n) is 7.10. The highest BCUT2D eigenvalue weighted by Gasteiger charge is 2.43. The fraction of sp³-hybridized carbons (Fsp3) is 0.438. The number of aryl methyl sites for hydroxylation is 1. The van der Waals surface area contributed by atoms with E-state index in [1.165, 1.54) is 12.1 Å². The van der Waals surface area contributed by atoms with Crippen LogP contribution >= 0.6 is 0 Å². The Balaban J connectivity index is 2.20. The SMILES string of the molecule is COc1cnn(C(C)C)c1C1(O)CCc2cc(F)ccc21. The van der Waals surface area contributed by atoms with Crippen molar-refractivity contribution in [2.75, 3.05) is 7.11 Å². The molecule has 1 aromatic heterocycles. The Morgan fingerprint density at radius 3 is 2.86 bits per heavy atom. The zero-order valence-corrected chi connectivity index (χ0v) is 12.4. The van der Waals surface area contributed by atoms with Crippen LogP contribution in [0.3, 0.4) is 0 Å². The summed E-state index contributed by atoms with van der Waals surface area (Å²) in [6, 6.07) is 4.64. The number of halogens is 1. The Bertz CT molecular complexity index is 681. The van der Waals surface area contributed by atoms with Crippen LogP contribution in [-0.4, -0.2) is 22.0 Å². The average Bonchev–Trinajstić information content (AvgIpc) is 3.01. The molecule has 0 aliphatic heterocycles. The standard InChI is InChI=1S/C16H19FN2O2/c1-10(2)19-15(14(21-3)9-18-19)16(20)7-6-11-8-12(17)4-5-13(11)16/h4-5,8-10,20H,6-7H2,1-3H3. The third-order valence-corrected chi connectivity index (χ3v) is 4.13. The predicted octanol–water partition coefficient (Wildman–Crippen LogP) is 2.79. The van der Waals surface area contributed by atoms with Gasteiger partial charge in [0.15, 0.2) is 5.75 Å². The molecule has 21 heavy (non-hydrogen) atoms. The summed E-state index contributed by atoms with van der Waals surface area (Å²) in [5, 5.41) is 15.6. The number of aliphatic hydroxyl groups is 1. The molecule has 0 saturated heterocycles. The number of hydrogen-bond acceptors (Lipinski definition) is 3. The van der Waals surface area contributed by atoms with Gasteiger partial charge in [0.2, 0.25) is 0 Å². The molecular weight excluding hydrogens is 271 g/mol. The van der Waals surface area contributed by atoms with Crippen LogP contribution in [0.4, 0.5) is 4.39 Å². The van der Waals surface area contributed by atoms with E-state index in [1.54, 1.807) is 24.1 Å². The highest BCUT2D eigenvalue weighted by molar-refractivity contribution is 5.47. The lowest BCUT2D eigenvalue weighted by Gasteiger charge is -2.27. The summed E-state index contributed by atoms with van der Waals surface area (Å²) >= 11 is 0. The zero-order chi connectivity index (χ0) is 15.2. The molecule has 1 N–H and O–H groups in total. The van der Waals surface area contributed by atoms with Crippen LogP contribution in [-0.2, 0) is 12.0 Å². The maximum absolute atomic E-state index is 13.4. The number of methoxy groups -OCH3 is 1. The fourth-order valence-corrected chi connectivity index (χ4v) is 3.15. The van der Waals surface area contributed by atoms with Crippen molar-refractivity contribution in [3.05, 3.63) is 47.0 Å². The summed E-state index contributed by atoms with van der Waals surface area (Å²) in [5.41, 5.74) is 1.04. The highest BCUT2D eigenvalue weighted by Crippen LogP contribution is 2.45. The number of fused-ring (bicyclic) bond motifs is 1. The lowest BCUT2D eigenvalue weighted by atomic mass is 9.91. The van der Waals surface area contributed by atoms with Gasteiger partial charge >= 0.3 is 0 Å². The zero-order valence-electron chi connectivity index (χ0n) is 12.4. The number of hydrogen-bond donors (Lipinski definition) is 1. The molecular formula is C16H19FN2O2. The monoisotopic (exact) mass is 290 g/mol. The summed E-state index contributed by atoms with van der Waals surface area (Å²) in [5.74, 6) is 0.283. The van der Waals surface area contributed by atoms with Crippen LogP contribution in [0.15, 0.2) is 24.4 Å². The Kier molecular flexibility index (Phi) is 3.24. The molecule has 1 unspecified atom stereocenters. The van der Waals surface area contributed by atoms with Gasteiger partial charge in [0, 0.05) is 6.04 Å². The van der Waals surface area contributed by atoms with E-state index in [-0.39, 0.29) is 11.9 Å². The van der Waals surface area contributed by atoms with E-state index in [9.17, 15) is 9.50 Å². The lowest BCUT2D eigenvalue weighted by Crippen LogP contribution is -2.29. The van der Waals surface area contributed by atoms with Crippen LogP contribution < -0.4 is 4.74 Å². The molecule has 1 heterocycles. The Morgan fingerprint density at radius 1 is 1.43 bits per heavy atom. The summed E-state index contributed by atoms with van der Waals surface area (Å²) in [7, 11) is 1.56. The third-order valence-electron chi connectivity index (χ3n) is 4.13. The fourth-order valence-electron chi connectivity index (χ4n) is 3.15. The van der Waals surface area contributed by atoms with Crippen LogP contribution in [0, 0.1) is 5.82 Å². The van der Waals surface area contributed by atoms with Crippen LogP contribution in [0.25, 0.3) is 0 Å². The van der Waals surface area contributed by atoms with E-state index in [0.717, 1.165) is 11.1 Å². The Hall–Kier alpha value is -1.88. The second-order valence-corrected chi connectivity index (χ2v) is 5.76. The Labute approximate surface area is 123 Å². The molecule has 1 atom stereocenters. The van der Waals surface area contributed by atoms with E-state index in [2.05, 4.69) is 5.10 Å². The maximum Gasteiger partial charge on any atom is 0.163 e. The summed E-state index contributed by atoms with van der Waals surface area (Å²) in [6.07, 6.45) is 2.76. The van der Waals surface area contributed by atoms with Gasteiger partial charge in [-0.15, -0.1) is 0 Å². The molecule has 1 aliphatic rings. The van der Waals surface area contributed by atoms with Gasteiger partial charge in [-0.3, -0.25) is 4.68 Å². The number of rotatable bonds is 3. The number of aromatic nitrogens is 2. The van der Waals surface area contributed by atoms with Crippen molar-refractivity contribution in [2.45, 2.75) is 38.3 Å². The molecule has 0 saturated carbocycles. The summed E-state index contributed by atoms with van der Waals surface area (Å²) in [4.78, 5) is 0. The predicted molar refractivity (Wildman–Crippen MR) is 76.9 cm³/mol. The van der Waals surface area contributed by atoms with Gasteiger partial charge in [-0.1, -0.05) is 6.07 Å². The van der Waals surface area contributed by atoms with Gasteiger partial charge in [0.1, 0.15) is 17.1 Å². The molecule has 1 aliphatic carbocycles. The molecule has 0 bridgehead atoms. The first-order chi connectivity index (χ1) is 9.97. The highest BCUT2D eigenvalue weighted by atomic mass is 19.1. The molecule has 0 fully saturated rings. The molecule has 112 valence electrons.